The standard InChI is InChI=1S/C10H8BrF3INO3/c1-18-8(17)2-5-7(3-11)16-4-6(15)9(5)19-10(12,13)14/h4H,2-3H2,1H3. The fourth-order valence-corrected chi connectivity index (χ4v) is 2.34. The van der Waals surface area contributed by atoms with E-state index in [9.17, 15) is 18.0 Å². The molecule has 0 N–H and O–H groups in total. The van der Waals surface area contributed by atoms with E-state index in [0.29, 0.717) is 5.69 Å². The van der Waals surface area contributed by atoms with E-state index in [1.165, 1.54) is 6.20 Å². The maximum Gasteiger partial charge on any atom is 0.573 e. The molecular formula is C10H8BrF3INO3. The number of hydrogen-bond donors (Lipinski definition) is 0. The molecule has 106 valence electrons. The predicted octanol–water partition coefficient (Wildman–Crippen LogP) is 3.20. The Labute approximate surface area is 128 Å². The highest BCUT2D eigenvalue weighted by Gasteiger charge is 2.34. The molecule has 1 rings (SSSR count). The molecule has 4 nitrogen and oxygen atoms in total. The maximum atomic E-state index is 12.4. The summed E-state index contributed by atoms with van der Waals surface area (Å²) in [6, 6.07) is 0. The Morgan fingerprint density at radius 3 is 2.63 bits per heavy atom. The van der Waals surface area contributed by atoms with Gasteiger partial charge in [-0.3, -0.25) is 9.78 Å². The summed E-state index contributed by atoms with van der Waals surface area (Å²) in [4.78, 5) is 15.2. The zero-order chi connectivity index (χ0) is 14.6. The summed E-state index contributed by atoms with van der Waals surface area (Å²) in [6.07, 6.45) is -3.93. The molecular weight excluding hydrogens is 446 g/mol. The Balaban J connectivity index is 3.28. The lowest BCUT2D eigenvalue weighted by Crippen LogP contribution is -2.21. The highest BCUT2D eigenvalue weighted by Crippen LogP contribution is 2.33. The number of rotatable bonds is 4. The molecule has 0 saturated carbocycles. The summed E-state index contributed by atoms with van der Waals surface area (Å²) >= 11 is 4.77. The van der Waals surface area contributed by atoms with Gasteiger partial charge in [0.15, 0.2) is 0 Å². The van der Waals surface area contributed by atoms with Crippen LogP contribution in [-0.2, 0) is 21.3 Å². The molecule has 0 aromatic carbocycles. The number of methoxy groups -OCH3 is 1. The Kier molecular flexibility index (Phi) is 5.83. The van der Waals surface area contributed by atoms with Crippen LogP contribution < -0.4 is 4.74 Å². The quantitative estimate of drug-likeness (QED) is 0.399. The van der Waals surface area contributed by atoms with Crippen LogP contribution in [0.25, 0.3) is 0 Å². The molecule has 0 saturated heterocycles. The summed E-state index contributed by atoms with van der Waals surface area (Å²) in [5.41, 5.74) is 0.359. The van der Waals surface area contributed by atoms with Crippen LogP contribution in [-0.4, -0.2) is 24.4 Å². The minimum absolute atomic E-state index is 0.0629. The molecule has 0 amide bonds. The van der Waals surface area contributed by atoms with Gasteiger partial charge in [0.25, 0.3) is 0 Å². The van der Waals surface area contributed by atoms with Crippen LogP contribution in [0, 0.1) is 3.57 Å². The minimum atomic E-state index is -4.84. The van der Waals surface area contributed by atoms with E-state index >= 15 is 0 Å². The monoisotopic (exact) mass is 453 g/mol. The van der Waals surface area contributed by atoms with Crippen molar-refractivity contribution in [2.45, 2.75) is 18.1 Å². The van der Waals surface area contributed by atoms with E-state index in [1.807, 2.05) is 0 Å². The molecule has 0 spiro atoms. The Morgan fingerprint density at radius 2 is 2.16 bits per heavy atom. The van der Waals surface area contributed by atoms with Crippen LogP contribution >= 0.6 is 38.5 Å². The van der Waals surface area contributed by atoms with Gasteiger partial charge in [0, 0.05) is 17.1 Å². The van der Waals surface area contributed by atoms with Crippen molar-refractivity contribution < 1.29 is 27.4 Å². The second-order valence-corrected chi connectivity index (χ2v) is 5.02. The number of esters is 1. The molecule has 0 aliphatic heterocycles. The molecule has 0 aliphatic carbocycles. The van der Waals surface area contributed by atoms with Gasteiger partial charge in [0.05, 0.1) is 22.8 Å². The molecule has 0 unspecified atom stereocenters. The van der Waals surface area contributed by atoms with Gasteiger partial charge in [-0.25, -0.2) is 0 Å². The average molecular weight is 454 g/mol. The van der Waals surface area contributed by atoms with Crippen molar-refractivity contribution >= 4 is 44.5 Å². The molecule has 0 radical (unpaired) electrons. The lowest BCUT2D eigenvalue weighted by atomic mass is 10.1. The van der Waals surface area contributed by atoms with Gasteiger partial charge in [0.1, 0.15) is 5.75 Å². The van der Waals surface area contributed by atoms with Gasteiger partial charge in [-0.2, -0.15) is 0 Å². The molecule has 0 aliphatic rings. The van der Waals surface area contributed by atoms with Gasteiger partial charge in [0.2, 0.25) is 0 Å². The zero-order valence-electron chi connectivity index (χ0n) is 9.55. The number of ether oxygens (including phenoxy) is 2. The van der Waals surface area contributed by atoms with Crippen molar-refractivity contribution in [1.29, 1.82) is 0 Å². The molecule has 0 atom stereocenters. The summed E-state index contributed by atoms with van der Waals surface area (Å²) in [5.74, 6) is -1.08. The molecule has 1 heterocycles. The number of carbonyl (C=O) groups is 1. The van der Waals surface area contributed by atoms with Crippen LogP contribution in [0.3, 0.4) is 0 Å². The normalized spacial score (nSPS) is 11.3. The number of halogens is 5. The lowest BCUT2D eigenvalue weighted by Gasteiger charge is -2.16. The topological polar surface area (TPSA) is 48.4 Å². The Morgan fingerprint density at radius 1 is 1.53 bits per heavy atom. The highest BCUT2D eigenvalue weighted by molar-refractivity contribution is 14.1. The fraction of sp³-hybridized carbons (Fsp3) is 0.400. The smallest absolute Gasteiger partial charge is 0.469 e. The van der Waals surface area contributed by atoms with Gasteiger partial charge in [-0.15, -0.1) is 13.2 Å². The van der Waals surface area contributed by atoms with Gasteiger partial charge in [-0.05, 0) is 22.6 Å². The summed E-state index contributed by atoms with van der Waals surface area (Å²) in [7, 11) is 1.15. The van der Waals surface area contributed by atoms with Crippen molar-refractivity contribution in [2.24, 2.45) is 0 Å². The van der Waals surface area contributed by atoms with Gasteiger partial charge in [-0.1, -0.05) is 15.9 Å². The van der Waals surface area contributed by atoms with Crippen LogP contribution in [0.15, 0.2) is 6.20 Å². The third kappa shape index (κ3) is 4.79. The van der Waals surface area contributed by atoms with Crippen molar-refractivity contribution in [3.8, 4) is 5.75 Å². The number of pyridine rings is 1. The highest BCUT2D eigenvalue weighted by atomic mass is 127. The second-order valence-electron chi connectivity index (χ2n) is 3.29. The van der Waals surface area contributed by atoms with E-state index < -0.39 is 18.1 Å². The van der Waals surface area contributed by atoms with Crippen LogP contribution in [0.4, 0.5) is 13.2 Å². The fourth-order valence-electron chi connectivity index (χ4n) is 1.29. The van der Waals surface area contributed by atoms with Crippen molar-refractivity contribution in [2.75, 3.05) is 7.11 Å². The maximum absolute atomic E-state index is 12.4. The number of aromatic nitrogens is 1. The Hall–Kier alpha value is -0.580. The van der Waals surface area contributed by atoms with E-state index in [4.69, 9.17) is 0 Å². The third-order valence-electron chi connectivity index (χ3n) is 2.07. The Bertz CT molecular complexity index is 482. The third-order valence-corrected chi connectivity index (χ3v) is 3.37. The van der Waals surface area contributed by atoms with Crippen molar-refractivity contribution in [1.82, 2.24) is 4.98 Å². The lowest BCUT2D eigenvalue weighted by molar-refractivity contribution is -0.275. The van der Waals surface area contributed by atoms with E-state index in [0.717, 1.165) is 7.11 Å². The minimum Gasteiger partial charge on any atom is -0.469 e. The first-order valence-electron chi connectivity index (χ1n) is 4.83. The molecule has 0 bridgehead atoms. The molecule has 9 heteroatoms. The number of hydrogen-bond acceptors (Lipinski definition) is 4. The second kappa shape index (κ2) is 6.73. The van der Waals surface area contributed by atoms with E-state index in [1.54, 1.807) is 22.6 Å². The molecule has 1 aromatic heterocycles. The van der Waals surface area contributed by atoms with Crippen molar-refractivity contribution in [3.63, 3.8) is 0 Å². The summed E-state index contributed by atoms with van der Waals surface area (Å²) in [5, 5.41) is 0.199. The first kappa shape index (κ1) is 16.5. The first-order chi connectivity index (χ1) is 8.78. The SMILES string of the molecule is COC(=O)Cc1c(CBr)ncc(I)c1OC(F)(F)F. The molecule has 1 aromatic rings. The summed E-state index contributed by atoms with van der Waals surface area (Å²) in [6.45, 7) is 0. The van der Waals surface area contributed by atoms with E-state index in [-0.39, 0.29) is 20.9 Å². The van der Waals surface area contributed by atoms with Gasteiger partial charge >= 0.3 is 12.3 Å². The number of nitrogens with zero attached hydrogens (tertiary/aromatic N) is 1. The zero-order valence-corrected chi connectivity index (χ0v) is 13.3. The van der Waals surface area contributed by atoms with E-state index in [2.05, 4.69) is 30.4 Å². The van der Waals surface area contributed by atoms with Crippen LogP contribution in [0.5, 0.6) is 5.75 Å². The van der Waals surface area contributed by atoms with Crippen LogP contribution in [0.2, 0.25) is 0 Å². The number of carbonyl (C=O) groups excluding carboxylic acids is 1. The molecule has 0 fully saturated rings. The first-order valence-corrected chi connectivity index (χ1v) is 7.03. The largest absolute Gasteiger partial charge is 0.573 e. The van der Waals surface area contributed by atoms with Gasteiger partial charge < -0.3 is 9.47 Å². The number of alkyl halides is 4. The van der Waals surface area contributed by atoms with Crippen LogP contribution in [0.1, 0.15) is 11.3 Å². The molecule has 19 heavy (non-hydrogen) atoms. The average Bonchev–Trinajstić information content (AvgIpc) is 2.32. The van der Waals surface area contributed by atoms with Crippen molar-refractivity contribution in [3.05, 3.63) is 21.0 Å². The predicted molar refractivity (Wildman–Crippen MR) is 72.0 cm³/mol. The summed E-state index contributed by atoms with van der Waals surface area (Å²) < 4.78 is 45.7.